The van der Waals surface area contributed by atoms with Crippen LogP contribution in [0.3, 0.4) is 0 Å². The van der Waals surface area contributed by atoms with Gasteiger partial charge in [-0.15, -0.1) is 0 Å². The van der Waals surface area contributed by atoms with Gasteiger partial charge in [-0.1, -0.05) is 13.8 Å². The lowest BCUT2D eigenvalue weighted by Crippen LogP contribution is -2.14. The Labute approximate surface area is 102 Å². The highest BCUT2D eigenvalue weighted by atomic mass is 16.5. The van der Waals surface area contributed by atoms with E-state index >= 15 is 0 Å². The van der Waals surface area contributed by atoms with Crippen LogP contribution < -0.4 is 15.8 Å². The summed E-state index contributed by atoms with van der Waals surface area (Å²) in [6.45, 7) is 6.24. The van der Waals surface area contributed by atoms with Crippen molar-refractivity contribution in [2.24, 2.45) is 5.92 Å². The molecule has 1 rings (SSSR count). The molecule has 0 aliphatic heterocycles. The van der Waals surface area contributed by atoms with E-state index in [1.807, 2.05) is 0 Å². The molecule has 1 aromatic rings. The van der Waals surface area contributed by atoms with Crippen LogP contribution in [0.2, 0.25) is 0 Å². The molecule has 0 spiro atoms. The number of anilines is 2. The van der Waals surface area contributed by atoms with Crippen molar-refractivity contribution in [1.82, 2.24) is 9.97 Å². The maximum atomic E-state index is 5.80. The minimum absolute atomic E-state index is 0.380. The third kappa shape index (κ3) is 4.44. The Morgan fingerprint density at radius 3 is 2.82 bits per heavy atom. The lowest BCUT2D eigenvalue weighted by molar-refractivity contribution is 0.118. The average molecular weight is 240 g/mol. The Balaban J connectivity index is 2.36. The summed E-state index contributed by atoms with van der Waals surface area (Å²) in [7, 11) is 1.52. The van der Waals surface area contributed by atoms with E-state index in [4.69, 9.17) is 15.2 Å². The standard InChI is InChI=1S/C11H20N4O2/c1-8(2)6-17-5-4-13-10-9(12)11(16-3)15-7-14-10/h7-8H,4-6,12H2,1-3H3,(H,13,14,15). The molecule has 0 amide bonds. The predicted molar refractivity (Wildman–Crippen MR) is 67.1 cm³/mol. The number of nitrogen functional groups attached to an aromatic ring is 1. The summed E-state index contributed by atoms with van der Waals surface area (Å²) in [5.74, 6) is 1.50. The van der Waals surface area contributed by atoms with Gasteiger partial charge in [0.15, 0.2) is 5.82 Å². The number of hydrogen-bond acceptors (Lipinski definition) is 6. The van der Waals surface area contributed by atoms with Crippen molar-refractivity contribution in [3.05, 3.63) is 6.33 Å². The van der Waals surface area contributed by atoms with Gasteiger partial charge in [-0.2, -0.15) is 4.98 Å². The summed E-state index contributed by atoms with van der Waals surface area (Å²) in [6.07, 6.45) is 1.41. The topological polar surface area (TPSA) is 82.3 Å². The SMILES string of the molecule is COc1ncnc(NCCOCC(C)C)c1N. The molecule has 0 bridgehead atoms. The predicted octanol–water partition coefficient (Wildman–Crippen LogP) is 1.15. The fourth-order valence-corrected chi connectivity index (χ4v) is 1.24. The number of methoxy groups -OCH3 is 1. The molecule has 0 saturated heterocycles. The van der Waals surface area contributed by atoms with Crippen molar-refractivity contribution in [3.8, 4) is 5.88 Å². The fraction of sp³-hybridized carbons (Fsp3) is 0.636. The molecule has 17 heavy (non-hydrogen) atoms. The molecule has 0 aliphatic rings. The zero-order valence-corrected chi connectivity index (χ0v) is 10.6. The first-order chi connectivity index (χ1) is 8.15. The Kier molecular flexibility index (Phi) is 5.48. The molecule has 1 aromatic heterocycles. The molecule has 0 aliphatic carbocycles. The van der Waals surface area contributed by atoms with E-state index in [1.54, 1.807) is 0 Å². The van der Waals surface area contributed by atoms with Crippen LogP contribution in [0.15, 0.2) is 6.33 Å². The van der Waals surface area contributed by atoms with Crippen LogP contribution in [-0.4, -0.2) is 36.8 Å². The minimum Gasteiger partial charge on any atom is -0.479 e. The van der Waals surface area contributed by atoms with Crippen LogP contribution in [0.5, 0.6) is 5.88 Å². The third-order valence-corrected chi connectivity index (χ3v) is 2.03. The first kappa shape index (κ1) is 13.5. The van der Waals surface area contributed by atoms with E-state index in [1.165, 1.54) is 13.4 Å². The van der Waals surface area contributed by atoms with Gasteiger partial charge in [-0.25, -0.2) is 4.98 Å². The molecular weight excluding hydrogens is 220 g/mol. The molecule has 0 atom stereocenters. The number of aromatic nitrogens is 2. The van der Waals surface area contributed by atoms with Gasteiger partial charge in [-0.3, -0.25) is 0 Å². The molecule has 6 heteroatoms. The van der Waals surface area contributed by atoms with Gasteiger partial charge in [0.2, 0.25) is 5.88 Å². The highest BCUT2D eigenvalue weighted by Gasteiger charge is 2.07. The van der Waals surface area contributed by atoms with Crippen molar-refractivity contribution < 1.29 is 9.47 Å². The number of nitrogens with one attached hydrogen (secondary N) is 1. The maximum absolute atomic E-state index is 5.80. The molecule has 1 heterocycles. The molecule has 0 unspecified atom stereocenters. The van der Waals surface area contributed by atoms with E-state index in [-0.39, 0.29) is 0 Å². The summed E-state index contributed by atoms with van der Waals surface area (Å²) in [4.78, 5) is 7.93. The summed E-state index contributed by atoms with van der Waals surface area (Å²) in [5, 5.41) is 3.08. The molecule has 0 saturated carbocycles. The third-order valence-electron chi connectivity index (χ3n) is 2.03. The minimum atomic E-state index is 0.380. The van der Waals surface area contributed by atoms with Gasteiger partial charge in [0.25, 0.3) is 0 Å². The van der Waals surface area contributed by atoms with Gasteiger partial charge >= 0.3 is 0 Å². The van der Waals surface area contributed by atoms with Crippen molar-refractivity contribution in [3.63, 3.8) is 0 Å². The van der Waals surface area contributed by atoms with Gasteiger partial charge in [-0.05, 0) is 5.92 Å². The zero-order valence-electron chi connectivity index (χ0n) is 10.6. The van der Waals surface area contributed by atoms with Crippen LogP contribution in [-0.2, 0) is 4.74 Å². The summed E-state index contributed by atoms with van der Waals surface area (Å²) in [5.41, 5.74) is 6.22. The van der Waals surface area contributed by atoms with E-state index < -0.39 is 0 Å². The largest absolute Gasteiger partial charge is 0.479 e. The molecule has 6 nitrogen and oxygen atoms in total. The Morgan fingerprint density at radius 1 is 1.41 bits per heavy atom. The fourth-order valence-electron chi connectivity index (χ4n) is 1.24. The van der Waals surface area contributed by atoms with Crippen molar-refractivity contribution in [2.75, 3.05) is 37.9 Å². The normalized spacial score (nSPS) is 10.6. The quantitative estimate of drug-likeness (QED) is 0.696. The van der Waals surface area contributed by atoms with Crippen molar-refractivity contribution in [1.29, 1.82) is 0 Å². The Bertz CT molecular complexity index is 344. The Morgan fingerprint density at radius 2 is 2.18 bits per heavy atom. The second kappa shape index (κ2) is 6.90. The molecule has 0 fully saturated rings. The number of rotatable bonds is 7. The van der Waals surface area contributed by atoms with Crippen LogP contribution in [0.4, 0.5) is 11.5 Å². The van der Waals surface area contributed by atoms with Gasteiger partial charge in [0, 0.05) is 13.2 Å². The van der Waals surface area contributed by atoms with E-state index in [9.17, 15) is 0 Å². The molecule has 0 aromatic carbocycles. The van der Waals surface area contributed by atoms with Gasteiger partial charge in [0.1, 0.15) is 12.0 Å². The molecule has 96 valence electrons. The average Bonchev–Trinajstić information content (AvgIpc) is 2.30. The first-order valence-corrected chi connectivity index (χ1v) is 5.61. The van der Waals surface area contributed by atoms with E-state index in [0.717, 1.165) is 6.61 Å². The van der Waals surface area contributed by atoms with Crippen LogP contribution in [0.1, 0.15) is 13.8 Å². The van der Waals surface area contributed by atoms with Crippen LogP contribution >= 0.6 is 0 Å². The van der Waals surface area contributed by atoms with Gasteiger partial charge < -0.3 is 20.5 Å². The summed E-state index contributed by atoms with van der Waals surface area (Å²) >= 11 is 0. The Hall–Kier alpha value is -1.56. The lowest BCUT2D eigenvalue weighted by atomic mass is 10.2. The van der Waals surface area contributed by atoms with Gasteiger partial charge in [0.05, 0.1) is 13.7 Å². The number of hydrogen-bond donors (Lipinski definition) is 2. The highest BCUT2D eigenvalue weighted by molar-refractivity contribution is 5.66. The monoisotopic (exact) mass is 240 g/mol. The summed E-state index contributed by atoms with van der Waals surface area (Å²) in [6, 6.07) is 0. The number of ether oxygens (including phenoxy) is 2. The number of nitrogens with two attached hydrogens (primary N) is 1. The lowest BCUT2D eigenvalue weighted by Gasteiger charge is -2.11. The first-order valence-electron chi connectivity index (χ1n) is 5.61. The molecule has 3 N–H and O–H groups in total. The van der Waals surface area contributed by atoms with E-state index in [0.29, 0.717) is 36.5 Å². The highest BCUT2D eigenvalue weighted by Crippen LogP contribution is 2.23. The van der Waals surface area contributed by atoms with Crippen LogP contribution in [0.25, 0.3) is 0 Å². The smallest absolute Gasteiger partial charge is 0.242 e. The number of nitrogens with zero attached hydrogens (tertiary/aromatic N) is 2. The second-order valence-corrected chi connectivity index (χ2v) is 4.04. The van der Waals surface area contributed by atoms with Crippen molar-refractivity contribution in [2.45, 2.75) is 13.8 Å². The van der Waals surface area contributed by atoms with Crippen LogP contribution in [0, 0.1) is 5.92 Å². The summed E-state index contributed by atoms with van der Waals surface area (Å²) < 4.78 is 10.4. The zero-order chi connectivity index (χ0) is 12.7. The maximum Gasteiger partial charge on any atom is 0.242 e. The molecular formula is C11H20N4O2. The van der Waals surface area contributed by atoms with E-state index in [2.05, 4.69) is 29.1 Å². The molecule has 0 radical (unpaired) electrons. The van der Waals surface area contributed by atoms with Crippen molar-refractivity contribution >= 4 is 11.5 Å². The second-order valence-electron chi connectivity index (χ2n) is 4.04.